The summed E-state index contributed by atoms with van der Waals surface area (Å²) in [5.41, 5.74) is 5.41. The predicted molar refractivity (Wildman–Crippen MR) is 122 cm³/mol. The molecule has 0 heterocycles. The van der Waals surface area contributed by atoms with Gasteiger partial charge >= 0.3 is 20.0 Å². The maximum absolute atomic E-state index is 13.0. The van der Waals surface area contributed by atoms with Gasteiger partial charge < -0.3 is 15.7 Å². The number of aromatic carboxylic acids is 1. The molecule has 0 aliphatic carbocycles. The molecule has 0 aliphatic heterocycles. The van der Waals surface area contributed by atoms with Crippen LogP contribution in [0.3, 0.4) is 0 Å². The summed E-state index contributed by atoms with van der Waals surface area (Å²) in [7, 11) is -4.19. The fourth-order valence-corrected chi connectivity index (χ4v) is 5.12. The third-order valence-electron chi connectivity index (χ3n) is 4.37. The molecule has 7 nitrogen and oxygen atoms in total. The lowest BCUT2D eigenvalue weighted by Gasteiger charge is -2.17. The predicted octanol–water partition coefficient (Wildman–Crippen LogP) is 6.01. The van der Waals surface area contributed by atoms with Crippen LogP contribution < -0.4 is 5.73 Å². The van der Waals surface area contributed by atoms with E-state index in [0.29, 0.717) is 28.3 Å². The van der Waals surface area contributed by atoms with Crippen LogP contribution in [0.15, 0.2) is 46.2 Å². The first kappa shape index (κ1) is 28.6. The standard InChI is InChI=1S/C21H24ClF3NO6PS/c1-12(2)32-33(29,30)31-11-15(26)6-3-13-4-7-16(10-18(13)22)34-19-9-14(21(23,24)25)5-8-17(19)20(27)28/h4-5,7-10,12,15H,3,6,11,26H2,1-2H3,(H,27,28)(H,29,30)/t15-/m0/s1. The fourth-order valence-electron chi connectivity index (χ4n) is 2.79. The lowest BCUT2D eigenvalue weighted by molar-refractivity contribution is -0.137. The number of carboxylic acids is 1. The molecule has 0 aliphatic rings. The summed E-state index contributed by atoms with van der Waals surface area (Å²) in [6.07, 6.45) is -4.34. The molecule has 0 amide bonds. The maximum atomic E-state index is 13.0. The summed E-state index contributed by atoms with van der Waals surface area (Å²) >= 11 is 7.16. The van der Waals surface area contributed by atoms with Gasteiger partial charge in [0, 0.05) is 20.9 Å². The van der Waals surface area contributed by atoms with Gasteiger partial charge in [0.05, 0.1) is 23.8 Å². The van der Waals surface area contributed by atoms with E-state index in [0.717, 1.165) is 30.0 Å². The number of hydrogen-bond donors (Lipinski definition) is 3. The van der Waals surface area contributed by atoms with E-state index < -0.39 is 37.7 Å². The Bertz CT molecular complexity index is 1070. The van der Waals surface area contributed by atoms with Crippen LogP contribution in [0.2, 0.25) is 5.02 Å². The van der Waals surface area contributed by atoms with Gasteiger partial charge in [-0.05, 0) is 62.6 Å². The van der Waals surface area contributed by atoms with Crippen molar-refractivity contribution in [3.8, 4) is 0 Å². The molecule has 4 N–H and O–H groups in total. The zero-order valence-corrected chi connectivity index (χ0v) is 20.7. The summed E-state index contributed by atoms with van der Waals surface area (Å²) in [4.78, 5) is 21.4. The van der Waals surface area contributed by atoms with Crippen molar-refractivity contribution >= 4 is 37.2 Å². The van der Waals surface area contributed by atoms with Crippen LogP contribution in [-0.4, -0.2) is 34.7 Å². The van der Waals surface area contributed by atoms with Crippen molar-refractivity contribution < 1.29 is 41.6 Å². The van der Waals surface area contributed by atoms with E-state index in [1.54, 1.807) is 26.0 Å². The minimum absolute atomic E-state index is 0.0673. The average molecular weight is 542 g/mol. The van der Waals surface area contributed by atoms with Gasteiger partial charge in [-0.25, -0.2) is 9.36 Å². The number of halogens is 4. The second-order valence-corrected chi connectivity index (χ2v) is 10.5. The lowest BCUT2D eigenvalue weighted by atomic mass is 10.1. The topological polar surface area (TPSA) is 119 Å². The summed E-state index contributed by atoms with van der Waals surface area (Å²) in [6, 6.07) is 6.64. The second-order valence-electron chi connectivity index (χ2n) is 7.59. The van der Waals surface area contributed by atoms with Crippen molar-refractivity contribution in [1.82, 2.24) is 0 Å². The monoisotopic (exact) mass is 541 g/mol. The van der Waals surface area contributed by atoms with Crippen LogP contribution >= 0.6 is 31.2 Å². The minimum atomic E-state index is -4.61. The average Bonchev–Trinajstić information content (AvgIpc) is 2.70. The number of alkyl halides is 3. The quantitative estimate of drug-likeness (QED) is 0.296. The Morgan fingerprint density at radius 2 is 1.91 bits per heavy atom. The molecule has 0 saturated carbocycles. The van der Waals surface area contributed by atoms with Gasteiger partial charge in [0.15, 0.2) is 0 Å². The van der Waals surface area contributed by atoms with Gasteiger partial charge in [0.2, 0.25) is 0 Å². The number of benzene rings is 2. The van der Waals surface area contributed by atoms with Crippen LogP contribution in [0.1, 0.15) is 41.8 Å². The zero-order valence-electron chi connectivity index (χ0n) is 18.2. The fraction of sp³-hybridized carbons (Fsp3) is 0.381. The van der Waals surface area contributed by atoms with Crippen molar-refractivity contribution in [3.05, 3.63) is 58.1 Å². The van der Waals surface area contributed by atoms with Gasteiger partial charge in [-0.2, -0.15) is 13.2 Å². The van der Waals surface area contributed by atoms with Crippen molar-refractivity contribution in [2.75, 3.05) is 6.61 Å². The SMILES string of the molecule is CC(C)OP(=O)(O)OC[C@@H](N)CCc1ccc(Sc2cc(C(F)(F)F)ccc2C(=O)O)cc1Cl. The van der Waals surface area contributed by atoms with Crippen LogP contribution in [0, 0.1) is 0 Å². The number of aryl methyl sites for hydroxylation is 1. The van der Waals surface area contributed by atoms with E-state index in [9.17, 15) is 32.5 Å². The Morgan fingerprint density at radius 3 is 2.47 bits per heavy atom. The highest BCUT2D eigenvalue weighted by Gasteiger charge is 2.31. The van der Waals surface area contributed by atoms with Crippen LogP contribution in [0.25, 0.3) is 0 Å². The molecule has 0 saturated heterocycles. The second kappa shape index (κ2) is 11.9. The smallest absolute Gasteiger partial charge is 0.472 e. The first-order valence-electron chi connectivity index (χ1n) is 10.00. The molecule has 13 heteroatoms. The number of phosphoric acid groups is 1. The van der Waals surface area contributed by atoms with Gasteiger partial charge in [-0.1, -0.05) is 29.4 Å². The molecular formula is C21H24ClF3NO6PS. The van der Waals surface area contributed by atoms with Gasteiger partial charge in [0.25, 0.3) is 0 Å². The molecule has 2 aromatic carbocycles. The molecule has 0 fully saturated rings. The number of nitrogens with two attached hydrogens (primary N) is 1. The van der Waals surface area contributed by atoms with E-state index in [1.165, 1.54) is 6.07 Å². The molecule has 0 bridgehead atoms. The van der Waals surface area contributed by atoms with E-state index >= 15 is 0 Å². The number of carboxylic acid groups (broad SMARTS) is 1. The third kappa shape index (κ3) is 8.88. The molecule has 0 spiro atoms. The zero-order chi connectivity index (χ0) is 25.7. The Hall–Kier alpha value is -1.59. The Morgan fingerprint density at radius 1 is 1.24 bits per heavy atom. The number of phosphoric ester groups is 1. The summed E-state index contributed by atoms with van der Waals surface area (Å²) in [5, 5.41) is 9.63. The maximum Gasteiger partial charge on any atom is 0.472 e. The number of hydrogen-bond acceptors (Lipinski definition) is 6. The van der Waals surface area contributed by atoms with Gasteiger partial charge in [-0.15, -0.1) is 0 Å². The molecule has 2 atom stereocenters. The Kier molecular flexibility index (Phi) is 10.0. The third-order valence-corrected chi connectivity index (χ3v) is 6.93. The van der Waals surface area contributed by atoms with E-state index in [1.807, 2.05) is 0 Å². The van der Waals surface area contributed by atoms with Crippen molar-refractivity contribution in [1.29, 1.82) is 0 Å². The molecule has 188 valence electrons. The molecule has 1 unspecified atom stereocenters. The number of carbonyl (C=O) groups is 1. The first-order chi connectivity index (χ1) is 15.7. The van der Waals surface area contributed by atoms with Gasteiger partial charge in [-0.3, -0.25) is 9.05 Å². The molecule has 2 rings (SSSR count). The lowest BCUT2D eigenvalue weighted by Crippen LogP contribution is -2.26. The van der Waals surface area contributed by atoms with Gasteiger partial charge in [0.1, 0.15) is 0 Å². The Labute approximate surface area is 204 Å². The normalized spacial score (nSPS) is 14.7. The number of rotatable bonds is 11. The van der Waals surface area contributed by atoms with E-state index in [-0.39, 0.29) is 17.1 Å². The van der Waals surface area contributed by atoms with E-state index in [4.69, 9.17) is 26.4 Å². The van der Waals surface area contributed by atoms with Crippen LogP contribution in [0.4, 0.5) is 13.2 Å². The van der Waals surface area contributed by atoms with E-state index in [2.05, 4.69) is 0 Å². The highest BCUT2D eigenvalue weighted by atomic mass is 35.5. The molecule has 0 radical (unpaired) electrons. The molecule has 34 heavy (non-hydrogen) atoms. The highest BCUT2D eigenvalue weighted by molar-refractivity contribution is 7.99. The van der Waals surface area contributed by atoms with Crippen molar-refractivity contribution in [3.63, 3.8) is 0 Å². The van der Waals surface area contributed by atoms with Crippen molar-refractivity contribution in [2.24, 2.45) is 5.73 Å². The Balaban J connectivity index is 2.06. The van der Waals surface area contributed by atoms with Crippen molar-refractivity contribution in [2.45, 2.75) is 54.8 Å². The summed E-state index contributed by atoms with van der Waals surface area (Å²) in [6.45, 7) is 2.97. The minimum Gasteiger partial charge on any atom is -0.478 e. The summed E-state index contributed by atoms with van der Waals surface area (Å²) in [5.74, 6) is -1.35. The highest BCUT2D eigenvalue weighted by Crippen LogP contribution is 2.44. The first-order valence-corrected chi connectivity index (χ1v) is 12.7. The molecular weight excluding hydrogens is 518 g/mol. The molecule has 2 aromatic rings. The summed E-state index contributed by atoms with van der Waals surface area (Å²) < 4.78 is 60.5. The van der Waals surface area contributed by atoms with Crippen LogP contribution in [-0.2, 0) is 26.2 Å². The largest absolute Gasteiger partial charge is 0.478 e. The van der Waals surface area contributed by atoms with Crippen LogP contribution in [0.5, 0.6) is 0 Å². The molecule has 0 aromatic heterocycles.